The van der Waals surface area contributed by atoms with Crippen LogP contribution in [-0.4, -0.2) is 17.7 Å². The first-order valence-electron chi connectivity index (χ1n) is 9.09. The lowest BCUT2D eigenvalue weighted by molar-refractivity contribution is -0.922. The van der Waals surface area contributed by atoms with Gasteiger partial charge < -0.3 is 9.47 Å². The molecule has 4 rings (SSSR count). The van der Waals surface area contributed by atoms with Crippen LogP contribution in [0.4, 0.5) is 0 Å². The SMILES string of the molecule is CCn1c2ccccc2c2cc(C[NH+]3CCC[C@@H](C)C3)ccc21. The second-order valence-corrected chi connectivity index (χ2v) is 7.24. The van der Waals surface area contributed by atoms with Crippen molar-refractivity contribution in [1.29, 1.82) is 0 Å². The predicted octanol–water partition coefficient (Wildman–Crippen LogP) is 3.63. The molecule has 120 valence electrons. The number of aromatic nitrogens is 1. The summed E-state index contributed by atoms with van der Waals surface area (Å²) < 4.78 is 2.43. The van der Waals surface area contributed by atoms with Crippen molar-refractivity contribution in [1.82, 2.24) is 4.57 Å². The smallest absolute Gasteiger partial charge is 0.103 e. The van der Waals surface area contributed by atoms with Gasteiger partial charge in [-0.1, -0.05) is 31.2 Å². The molecule has 2 heteroatoms. The fraction of sp³-hybridized carbons (Fsp3) is 0.429. The third-order valence-electron chi connectivity index (χ3n) is 5.47. The van der Waals surface area contributed by atoms with E-state index >= 15 is 0 Å². The summed E-state index contributed by atoms with van der Waals surface area (Å²) in [6.45, 7) is 9.49. The molecule has 1 aliphatic heterocycles. The number of hydrogen-bond acceptors (Lipinski definition) is 0. The number of hydrogen-bond donors (Lipinski definition) is 1. The minimum Gasteiger partial charge on any atom is -0.341 e. The van der Waals surface area contributed by atoms with Crippen molar-refractivity contribution in [3.63, 3.8) is 0 Å². The molecule has 3 aromatic rings. The predicted molar refractivity (Wildman–Crippen MR) is 97.9 cm³/mol. The quantitative estimate of drug-likeness (QED) is 0.757. The first-order valence-corrected chi connectivity index (χ1v) is 9.09. The van der Waals surface area contributed by atoms with Crippen molar-refractivity contribution in [2.45, 2.75) is 39.8 Å². The topological polar surface area (TPSA) is 9.37 Å². The highest BCUT2D eigenvalue weighted by Gasteiger charge is 2.20. The van der Waals surface area contributed by atoms with Crippen LogP contribution in [0.15, 0.2) is 42.5 Å². The molecular formula is C21H27N2+. The van der Waals surface area contributed by atoms with Gasteiger partial charge >= 0.3 is 0 Å². The van der Waals surface area contributed by atoms with Gasteiger partial charge in [-0.25, -0.2) is 0 Å². The van der Waals surface area contributed by atoms with Crippen molar-refractivity contribution in [3.8, 4) is 0 Å². The normalized spacial score (nSPS) is 22.0. The van der Waals surface area contributed by atoms with E-state index in [0.717, 1.165) is 12.5 Å². The van der Waals surface area contributed by atoms with Crippen molar-refractivity contribution < 1.29 is 4.90 Å². The average molecular weight is 307 g/mol. The summed E-state index contributed by atoms with van der Waals surface area (Å²) >= 11 is 0. The zero-order chi connectivity index (χ0) is 15.8. The van der Waals surface area contributed by atoms with Crippen LogP contribution in [0, 0.1) is 5.92 Å². The third-order valence-corrected chi connectivity index (χ3v) is 5.47. The summed E-state index contributed by atoms with van der Waals surface area (Å²) in [6.07, 6.45) is 2.79. The molecule has 0 bridgehead atoms. The van der Waals surface area contributed by atoms with E-state index in [9.17, 15) is 0 Å². The maximum absolute atomic E-state index is 2.44. The minimum absolute atomic E-state index is 0.879. The zero-order valence-electron chi connectivity index (χ0n) is 14.3. The molecule has 1 saturated heterocycles. The van der Waals surface area contributed by atoms with Crippen molar-refractivity contribution in [3.05, 3.63) is 48.0 Å². The molecule has 1 unspecified atom stereocenters. The van der Waals surface area contributed by atoms with E-state index < -0.39 is 0 Å². The van der Waals surface area contributed by atoms with E-state index in [1.54, 1.807) is 4.90 Å². The Balaban J connectivity index is 1.74. The maximum atomic E-state index is 2.44. The van der Waals surface area contributed by atoms with Crippen molar-refractivity contribution in [2.24, 2.45) is 5.92 Å². The number of piperidine rings is 1. The van der Waals surface area contributed by atoms with Crippen molar-refractivity contribution in [2.75, 3.05) is 13.1 Å². The van der Waals surface area contributed by atoms with Gasteiger partial charge in [0.15, 0.2) is 0 Å². The van der Waals surface area contributed by atoms with E-state index in [1.807, 2.05) is 0 Å². The molecule has 0 saturated carbocycles. The summed E-state index contributed by atoms with van der Waals surface area (Å²) in [4.78, 5) is 1.75. The molecule has 1 fully saturated rings. The molecule has 0 aliphatic carbocycles. The van der Waals surface area contributed by atoms with Gasteiger partial charge in [0.05, 0.1) is 13.1 Å². The first kappa shape index (κ1) is 14.8. The highest BCUT2D eigenvalue weighted by atomic mass is 15.1. The van der Waals surface area contributed by atoms with Crippen LogP contribution in [0.3, 0.4) is 0 Å². The molecule has 2 nitrogen and oxygen atoms in total. The Hall–Kier alpha value is -1.80. The lowest BCUT2D eigenvalue weighted by Gasteiger charge is -2.27. The third kappa shape index (κ3) is 2.66. The van der Waals surface area contributed by atoms with Crippen molar-refractivity contribution >= 4 is 21.8 Å². The summed E-state index contributed by atoms with van der Waals surface area (Å²) in [7, 11) is 0. The van der Waals surface area contributed by atoms with E-state index in [1.165, 1.54) is 59.8 Å². The number of rotatable bonds is 3. The van der Waals surface area contributed by atoms with E-state index in [0.29, 0.717) is 0 Å². The monoisotopic (exact) mass is 307 g/mol. The summed E-state index contributed by atoms with van der Waals surface area (Å²) in [5.41, 5.74) is 4.22. The van der Waals surface area contributed by atoms with Gasteiger partial charge in [0.2, 0.25) is 0 Å². The Morgan fingerprint density at radius 2 is 1.91 bits per heavy atom. The molecule has 2 aromatic carbocycles. The first-order chi connectivity index (χ1) is 11.3. The highest BCUT2D eigenvalue weighted by molar-refractivity contribution is 6.08. The van der Waals surface area contributed by atoms with Gasteiger partial charge in [-0.2, -0.15) is 0 Å². The van der Waals surface area contributed by atoms with Crippen LogP contribution in [0.25, 0.3) is 21.8 Å². The molecule has 1 aromatic heterocycles. The van der Waals surface area contributed by atoms with E-state index in [4.69, 9.17) is 0 Å². The van der Waals surface area contributed by atoms with Gasteiger partial charge in [0.1, 0.15) is 6.54 Å². The molecule has 1 aliphatic rings. The number of fused-ring (bicyclic) bond motifs is 3. The molecule has 0 spiro atoms. The van der Waals surface area contributed by atoms with Gasteiger partial charge in [0, 0.05) is 39.8 Å². The van der Waals surface area contributed by atoms with E-state index in [2.05, 4.69) is 60.9 Å². The maximum Gasteiger partial charge on any atom is 0.103 e. The molecule has 2 heterocycles. The van der Waals surface area contributed by atoms with Crippen LogP contribution in [0.2, 0.25) is 0 Å². The van der Waals surface area contributed by atoms with Gasteiger partial charge in [-0.05, 0) is 38.0 Å². The Kier molecular flexibility index (Phi) is 3.86. The summed E-state index contributed by atoms with van der Waals surface area (Å²) in [5.74, 6) is 0.879. The minimum atomic E-state index is 0.879. The lowest BCUT2D eigenvalue weighted by Crippen LogP contribution is -3.12. The summed E-state index contributed by atoms with van der Waals surface area (Å²) in [5, 5.41) is 2.82. The fourth-order valence-corrected chi connectivity index (χ4v) is 4.40. The molecule has 1 N–H and O–H groups in total. The largest absolute Gasteiger partial charge is 0.341 e. The van der Waals surface area contributed by atoms with E-state index in [-0.39, 0.29) is 0 Å². The molecule has 23 heavy (non-hydrogen) atoms. The zero-order valence-corrected chi connectivity index (χ0v) is 14.3. The van der Waals surface area contributed by atoms with Crippen LogP contribution in [-0.2, 0) is 13.1 Å². The highest BCUT2D eigenvalue weighted by Crippen LogP contribution is 2.29. The molecular weight excluding hydrogens is 280 g/mol. The van der Waals surface area contributed by atoms with Crippen LogP contribution < -0.4 is 4.90 Å². The Bertz CT molecular complexity index is 830. The second-order valence-electron chi connectivity index (χ2n) is 7.24. The average Bonchev–Trinajstić information content (AvgIpc) is 2.88. The number of para-hydroxylation sites is 1. The van der Waals surface area contributed by atoms with Gasteiger partial charge in [0.25, 0.3) is 0 Å². The van der Waals surface area contributed by atoms with Crippen LogP contribution in [0.1, 0.15) is 32.3 Å². The number of aryl methyl sites for hydroxylation is 1. The number of likely N-dealkylation sites (tertiary alicyclic amines) is 1. The number of nitrogens with one attached hydrogen (secondary N) is 1. The molecule has 0 amide bonds. The lowest BCUT2D eigenvalue weighted by atomic mass is 9.99. The van der Waals surface area contributed by atoms with Crippen LogP contribution >= 0.6 is 0 Å². The number of benzene rings is 2. The van der Waals surface area contributed by atoms with Gasteiger partial charge in [-0.15, -0.1) is 0 Å². The summed E-state index contributed by atoms with van der Waals surface area (Å²) in [6, 6.07) is 15.9. The Labute approximate surface area is 138 Å². The number of quaternary nitrogens is 1. The fourth-order valence-electron chi connectivity index (χ4n) is 4.40. The Morgan fingerprint density at radius 1 is 1.09 bits per heavy atom. The van der Waals surface area contributed by atoms with Gasteiger partial charge in [-0.3, -0.25) is 0 Å². The molecule has 0 radical (unpaired) electrons. The molecule has 2 atom stereocenters. The van der Waals surface area contributed by atoms with Crippen LogP contribution in [0.5, 0.6) is 0 Å². The standard InChI is InChI=1S/C21H26N2/c1-3-23-20-9-5-4-8-18(20)19-13-17(10-11-21(19)23)15-22-12-6-7-16(2)14-22/h4-5,8-11,13,16H,3,6-7,12,14-15H2,1-2H3/p+1/t16-/m1/s1. The number of nitrogens with zero attached hydrogens (tertiary/aromatic N) is 1. The Morgan fingerprint density at radius 3 is 2.74 bits per heavy atom. The second kappa shape index (κ2) is 6.01.